The lowest BCUT2D eigenvalue weighted by Crippen LogP contribution is -2.49. The molecular formula is C15H18N2O3. The van der Waals surface area contributed by atoms with Crippen LogP contribution in [0.4, 0.5) is 4.79 Å². The highest BCUT2D eigenvalue weighted by atomic mass is 16.4. The van der Waals surface area contributed by atoms with Crippen molar-refractivity contribution in [3.8, 4) is 0 Å². The number of urea groups is 1. The second-order valence-electron chi connectivity index (χ2n) is 4.86. The molecule has 1 heterocycles. The van der Waals surface area contributed by atoms with E-state index in [9.17, 15) is 14.7 Å². The zero-order valence-electron chi connectivity index (χ0n) is 11.4. The van der Waals surface area contributed by atoms with Gasteiger partial charge in [0.15, 0.2) is 6.04 Å². The van der Waals surface area contributed by atoms with Crippen LogP contribution in [-0.4, -0.2) is 34.6 Å². The third-order valence-electron chi connectivity index (χ3n) is 3.48. The maximum absolute atomic E-state index is 12.2. The standard InChI is InChI=1S/C15H18N2O3/c1-3-10(2)16-15(20)17-9-8-11-6-4-5-7-12(11)13(17)14(18)19/h3-7,10,13H,1,8-9H2,2H3,(H,16,20)(H,18,19). The highest BCUT2D eigenvalue weighted by molar-refractivity contribution is 5.85. The SMILES string of the molecule is C=CC(C)NC(=O)N1CCc2ccccc2C1C(=O)O. The van der Waals surface area contributed by atoms with Crippen molar-refractivity contribution < 1.29 is 14.7 Å². The third-order valence-corrected chi connectivity index (χ3v) is 3.48. The summed E-state index contributed by atoms with van der Waals surface area (Å²) in [6.07, 6.45) is 2.27. The third kappa shape index (κ3) is 2.66. The summed E-state index contributed by atoms with van der Waals surface area (Å²) in [5, 5.41) is 12.2. The lowest BCUT2D eigenvalue weighted by molar-refractivity contribution is -0.142. The summed E-state index contributed by atoms with van der Waals surface area (Å²) in [5.74, 6) is -1.02. The quantitative estimate of drug-likeness (QED) is 0.828. The Bertz CT molecular complexity index is 542. The van der Waals surface area contributed by atoms with Gasteiger partial charge in [-0.3, -0.25) is 0 Å². The Balaban J connectivity index is 2.29. The van der Waals surface area contributed by atoms with Crippen molar-refractivity contribution >= 4 is 12.0 Å². The molecule has 2 unspecified atom stereocenters. The highest BCUT2D eigenvalue weighted by Crippen LogP contribution is 2.29. The van der Waals surface area contributed by atoms with Gasteiger partial charge in [0, 0.05) is 12.6 Å². The molecule has 0 radical (unpaired) electrons. The van der Waals surface area contributed by atoms with E-state index in [1.807, 2.05) is 12.1 Å². The van der Waals surface area contributed by atoms with Gasteiger partial charge < -0.3 is 15.3 Å². The van der Waals surface area contributed by atoms with Crippen molar-refractivity contribution in [1.29, 1.82) is 0 Å². The predicted molar refractivity (Wildman–Crippen MR) is 75.4 cm³/mol. The molecule has 2 rings (SSSR count). The normalized spacial score (nSPS) is 18.9. The number of amides is 2. The number of carbonyl (C=O) groups is 2. The Kier molecular flexibility index (Phi) is 4.08. The predicted octanol–water partition coefficient (Wildman–Crippen LogP) is 1.95. The zero-order chi connectivity index (χ0) is 14.7. The fourth-order valence-electron chi connectivity index (χ4n) is 2.39. The summed E-state index contributed by atoms with van der Waals surface area (Å²) in [6.45, 7) is 5.78. The van der Waals surface area contributed by atoms with Gasteiger partial charge in [0.05, 0.1) is 0 Å². The minimum atomic E-state index is -1.02. The monoisotopic (exact) mass is 274 g/mol. The molecule has 5 heteroatoms. The van der Waals surface area contributed by atoms with Crippen LogP contribution < -0.4 is 5.32 Å². The van der Waals surface area contributed by atoms with Crippen LogP contribution in [-0.2, 0) is 11.2 Å². The van der Waals surface area contributed by atoms with Gasteiger partial charge in [0.2, 0.25) is 0 Å². The summed E-state index contributed by atoms with van der Waals surface area (Å²) >= 11 is 0. The van der Waals surface area contributed by atoms with Gasteiger partial charge in [0.25, 0.3) is 0 Å². The average molecular weight is 274 g/mol. The van der Waals surface area contributed by atoms with Gasteiger partial charge in [0.1, 0.15) is 0 Å². The van der Waals surface area contributed by atoms with Crippen LogP contribution in [0.25, 0.3) is 0 Å². The Morgan fingerprint density at radius 3 is 2.85 bits per heavy atom. The molecule has 0 aromatic heterocycles. The number of carbonyl (C=O) groups excluding carboxylic acids is 1. The summed E-state index contributed by atoms with van der Waals surface area (Å²) in [7, 11) is 0. The van der Waals surface area contributed by atoms with Crippen molar-refractivity contribution in [3.05, 3.63) is 48.0 Å². The van der Waals surface area contributed by atoms with E-state index in [4.69, 9.17) is 0 Å². The van der Waals surface area contributed by atoms with E-state index in [1.165, 1.54) is 4.90 Å². The van der Waals surface area contributed by atoms with Crippen LogP contribution in [0.5, 0.6) is 0 Å². The summed E-state index contributed by atoms with van der Waals surface area (Å²) in [4.78, 5) is 25.1. The second-order valence-corrected chi connectivity index (χ2v) is 4.86. The highest BCUT2D eigenvalue weighted by Gasteiger charge is 2.35. The lowest BCUT2D eigenvalue weighted by atomic mass is 9.93. The minimum Gasteiger partial charge on any atom is -0.479 e. The average Bonchev–Trinajstić information content (AvgIpc) is 2.45. The number of carboxylic acids is 1. The molecule has 0 bridgehead atoms. The fraction of sp³-hybridized carbons (Fsp3) is 0.333. The molecule has 1 aromatic rings. The van der Waals surface area contributed by atoms with Crippen molar-refractivity contribution in [2.75, 3.05) is 6.54 Å². The molecule has 5 nitrogen and oxygen atoms in total. The van der Waals surface area contributed by atoms with E-state index in [0.717, 1.165) is 5.56 Å². The van der Waals surface area contributed by atoms with Crippen molar-refractivity contribution in [3.63, 3.8) is 0 Å². The molecule has 2 atom stereocenters. The van der Waals surface area contributed by atoms with Gasteiger partial charge >= 0.3 is 12.0 Å². The van der Waals surface area contributed by atoms with E-state index >= 15 is 0 Å². The largest absolute Gasteiger partial charge is 0.479 e. The van der Waals surface area contributed by atoms with Gasteiger partial charge in [-0.2, -0.15) is 0 Å². The van der Waals surface area contributed by atoms with E-state index in [-0.39, 0.29) is 12.1 Å². The Labute approximate surface area is 117 Å². The first-order chi connectivity index (χ1) is 9.54. The number of carboxylic acid groups (broad SMARTS) is 1. The maximum atomic E-state index is 12.2. The molecule has 1 aliphatic rings. The molecule has 0 fully saturated rings. The zero-order valence-corrected chi connectivity index (χ0v) is 11.4. The maximum Gasteiger partial charge on any atom is 0.331 e. The van der Waals surface area contributed by atoms with Crippen LogP contribution in [0.1, 0.15) is 24.1 Å². The number of hydrogen-bond donors (Lipinski definition) is 2. The molecule has 1 aromatic carbocycles. The number of rotatable bonds is 3. The van der Waals surface area contributed by atoms with E-state index in [0.29, 0.717) is 18.5 Å². The van der Waals surface area contributed by atoms with Gasteiger partial charge in [-0.1, -0.05) is 30.3 Å². The number of benzene rings is 1. The molecule has 1 aliphatic heterocycles. The van der Waals surface area contributed by atoms with Crippen molar-refractivity contribution in [1.82, 2.24) is 10.2 Å². The number of fused-ring (bicyclic) bond motifs is 1. The molecule has 0 aliphatic carbocycles. The van der Waals surface area contributed by atoms with Gasteiger partial charge in [-0.15, -0.1) is 6.58 Å². The van der Waals surface area contributed by atoms with Crippen LogP contribution in [0, 0.1) is 0 Å². The van der Waals surface area contributed by atoms with E-state index in [1.54, 1.807) is 25.1 Å². The number of aliphatic carboxylic acids is 1. The molecule has 0 saturated heterocycles. The minimum absolute atomic E-state index is 0.200. The fourth-order valence-corrected chi connectivity index (χ4v) is 2.39. The summed E-state index contributed by atoms with van der Waals surface area (Å²) < 4.78 is 0. The first-order valence-corrected chi connectivity index (χ1v) is 6.55. The Morgan fingerprint density at radius 2 is 2.20 bits per heavy atom. The number of nitrogens with zero attached hydrogens (tertiary/aromatic N) is 1. The van der Waals surface area contributed by atoms with Crippen molar-refractivity contribution in [2.45, 2.75) is 25.4 Å². The summed E-state index contributed by atoms with van der Waals surface area (Å²) in [6, 6.07) is 5.85. The van der Waals surface area contributed by atoms with Crippen LogP contribution >= 0.6 is 0 Å². The summed E-state index contributed by atoms with van der Waals surface area (Å²) in [5.41, 5.74) is 1.67. The molecule has 106 valence electrons. The molecule has 0 spiro atoms. The lowest BCUT2D eigenvalue weighted by Gasteiger charge is -2.35. The molecule has 0 saturated carbocycles. The van der Waals surface area contributed by atoms with Crippen LogP contribution in [0.15, 0.2) is 36.9 Å². The molecular weight excluding hydrogens is 256 g/mol. The first-order valence-electron chi connectivity index (χ1n) is 6.55. The van der Waals surface area contributed by atoms with Crippen molar-refractivity contribution in [2.24, 2.45) is 0 Å². The van der Waals surface area contributed by atoms with E-state index < -0.39 is 12.0 Å². The number of nitrogens with one attached hydrogen (secondary N) is 1. The van der Waals surface area contributed by atoms with Gasteiger partial charge in [-0.25, -0.2) is 9.59 Å². The Morgan fingerprint density at radius 1 is 1.50 bits per heavy atom. The number of hydrogen-bond acceptors (Lipinski definition) is 2. The molecule has 20 heavy (non-hydrogen) atoms. The first kappa shape index (κ1) is 14.1. The van der Waals surface area contributed by atoms with Gasteiger partial charge in [-0.05, 0) is 24.5 Å². The smallest absolute Gasteiger partial charge is 0.331 e. The topological polar surface area (TPSA) is 69.6 Å². The van der Waals surface area contributed by atoms with E-state index in [2.05, 4.69) is 11.9 Å². The second kappa shape index (κ2) is 5.77. The van der Waals surface area contributed by atoms with Crippen LogP contribution in [0.2, 0.25) is 0 Å². The van der Waals surface area contributed by atoms with Crippen LogP contribution in [0.3, 0.4) is 0 Å². The molecule has 2 N–H and O–H groups in total. The molecule has 2 amide bonds. The Hall–Kier alpha value is -2.30.